The minimum absolute atomic E-state index is 0.0239. The highest BCUT2D eigenvalue weighted by Gasteiger charge is 2.26. The molecule has 1 aliphatic heterocycles. The van der Waals surface area contributed by atoms with E-state index in [2.05, 4.69) is 4.72 Å². The van der Waals surface area contributed by atoms with Crippen molar-refractivity contribution in [1.82, 2.24) is 4.72 Å². The van der Waals surface area contributed by atoms with E-state index >= 15 is 0 Å². The van der Waals surface area contributed by atoms with Gasteiger partial charge in [-0.15, -0.1) is 0 Å². The summed E-state index contributed by atoms with van der Waals surface area (Å²) in [6.07, 6.45) is 5.04. The molecule has 0 fully saturated rings. The Morgan fingerprint density at radius 3 is 2.52 bits per heavy atom. The number of anilines is 1. The molecule has 0 atom stereocenters. The Labute approximate surface area is 195 Å². The van der Waals surface area contributed by atoms with E-state index in [1.165, 1.54) is 12.0 Å². The number of hydrogen-bond acceptors (Lipinski definition) is 3. The van der Waals surface area contributed by atoms with Gasteiger partial charge in [0.1, 0.15) is 0 Å². The third-order valence-corrected chi connectivity index (χ3v) is 8.05. The lowest BCUT2D eigenvalue weighted by Crippen LogP contribution is -2.29. The van der Waals surface area contributed by atoms with E-state index in [9.17, 15) is 13.2 Å². The van der Waals surface area contributed by atoms with Crippen molar-refractivity contribution in [3.05, 3.63) is 94.0 Å². The van der Waals surface area contributed by atoms with Crippen molar-refractivity contribution < 1.29 is 13.2 Å². The molecule has 0 spiro atoms. The third kappa shape index (κ3) is 4.45. The molecular weight excluding hydrogens is 432 g/mol. The fourth-order valence-corrected chi connectivity index (χ4v) is 5.89. The number of amides is 1. The van der Waals surface area contributed by atoms with E-state index < -0.39 is 10.0 Å². The number of sulfonamides is 1. The maximum atomic E-state index is 13.1. The zero-order chi connectivity index (χ0) is 23.0. The van der Waals surface area contributed by atoms with Gasteiger partial charge in [-0.05, 0) is 91.6 Å². The van der Waals surface area contributed by atoms with Crippen molar-refractivity contribution in [2.45, 2.75) is 50.5 Å². The first kappa shape index (κ1) is 21.9. The number of rotatable bonds is 5. The Bertz CT molecular complexity index is 1330. The molecule has 1 aliphatic carbocycles. The van der Waals surface area contributed by atoms with Crippen molar-refractivity contribution in [1.29, 1.82) is 0 Å². The van der Waals surface area contributed by atoms with Gasteiger partial charge in [-0.3, -0.25) is 4.79 Å². The van der Waals surface area contributed by atoms with Crippen LogP contribution >= 0.6 is 0 Å². The second-order valence-electron chi connectivity index (χ2n) is 9.00. The van der Waals surface area contributed by atoms with Crippen LogP contribution in [0.4, 0.5) is 5.69 Å². The molecule has 3 aromatic carbocycles. The van der Waals surface area contributed by atoms with Crippen LogP contribution in [0.2, 0.25) is 0 Å². The molecule has 0 saturated carbocycles. The topological polar surface area (TPSA) is 66.5 Å². The smallest absolute Gasteiger partial charge is 0.258 e. The second kappa shape index (κ2) is 8.76. The molecular formula is C27H28N2O3S. The fraction of sp³-hybridized carbons (Fsp3) is 0.296. The van der Waals surface area contributed by atoms with Crippen LogP contribution in [0.1, 0.15) is 51.0 Å². The molecule has 170 valence electrons. The number of nitrogens with one attached hydrogen (secondary N) is 1. The van der Waals surface area contributed by atoms with Gasteiger partial charge in [0.2, 0.25) is 10.0 Å². The van der Waals surface area contributed by atoms with Gasteiger partial charge in [0.15, 0.2) is 0 Å². The summed E-state index contributed by atoms with van der Waals surface area (Å²) in [7, 11) is -3.61. The number of nitrogens with zero attached hydrogens (tertiary/aromatic N) is 1. The largest absolute Gasteiger partial charge is 0.308 e. The van der Waals surface area contributed by atoms with Crippen LogP contribution in [0.3, 0.4) is 0 Å². The molecule has 3 aromatic rings. The minimum atomic E-state index is -3.61. The SMILES string of the molecule is Cc1cccc(C(=O)N2CCc3ccc(CNS(=O)(=O)c4ccc5c(c4)CCCC5)cc32)c1. The Kier molecular flexibility index (Phi) is 5.81. The van der Waals surface area contributed by atoms with Crippen LogP contribution < -0.4 is 9.62 Å². The molecule has 33 heavy (non-hydrogen) atoms. The highest BCUT2D eigenvalue weighted by atomic mass is 32.2. The molecule has 0 unspecified atom stereocenters. The highest BCUT2D eigenvalue weighted by molar-refractivity contribution is 7.89. The van der Waals surface area contributed by atoms with Gasteiger partial charge in [0, 0.05) is 24.3 Å². The monoisotopic (exact) mass is 460 g/mol. The van der Waals surface area contributed by atoms with Crippen molar-refractivity contribution in [3.8, 4) is 0 Å². The van der Waals surface area contributed by atoms with Crippen LogP contribution in [0.25, 0.3) is 0 Å². The second-order valence-corrected chi connectivity index (χ2v) is 10.8. The lowest BCUT2D eigenvalue weighted by molar-refractivity contribution is 0.0989. The third-order valence-electron chi connectivity index (χ3n) is 6.65. The van der Waals surface area contributed by atoms with E-state index in [4.69, 9.17) is 0 Å². The van der Waals surface area contributed by atoms with E-state index in [0.717, 1.165) is 53.6 Å². The summed E-state index contributed by atoms with van der Waals surface area (Å²) in [5.41, 5.74) is 6.93. The first-order valence-corrected chi connectivity index (χ1v) is 13.0. The quantitative estimate of drug-likeness (QED) is 0.607. The Morgan fingerprint density at radius 2 is 1.70 bits per heavy atom. The van der Waals surface area contributed by atoms with Gasteiger partial charge in [-0.2, -0.15) is 0 Å². The van der Waals surface area contributed by atoms with Crippen LogP contribution in [0, 0.1) is 6.92 Å². The van der Waals surface area contributed by atoms with E-state index in [0.29, 0.717) is 17.0 Å². The minimum Gasteiger partial charge on any atom is -0.308 e. The zero-order valence-corrected chi connectivity index (χ0v) is 19.6. The molecule has 1 N–H and O–H groups in total. The first-order chi connectivity index (χ1) is 15.9. The van der Waals surface area contributed by atoms with Gasteiger partial charge >= 0.3 is 0 Å². The zero-order valence-electron chi connectivity index (χ0n) is 18.8. The summed E-state index contributed by atoms with van der Waals surface area (Å²) >= 11 is 0. The molecule has 5 nitrogen and oxygen atoms in total. The number of aryl methyl sites for hydroxylation is 3. The molecule has 0 bridgehead atoms. The molecule has 6 heteroatoms. The predicted octanol–water partition coefficient (Wildman–Crippen LogP) is 4.56. The van der Waals surface area contributed by atoms with Crippen molar-refractivity contribution >= 4 is 21.6 Å². The lowest BCUT2D eigenvalue weighted by atomic mass is 9.92. The van der Waals surface area contributed by atoms with Crippen LogP contribution in [0.5, 0.6) is 0 Å². The first-order valence-electron chi connectivity index (χ1n) is 11.5. The summed E-state index contributed by atoms with van der Waals surface area (Å²) in [5, 5.41) is 0. The molecule has 1 heterocycles. The average molecular weight is 461 g/mol. The van der Waals surface area contributed by atoms with Gasteiger partial charge in [0.25, 0.3) is 5.91 Å². The number of fused-ring (bicyclic) bond motifs is 2. The molecule has 0 saturated heterocycles. The molecule has 1 amide bonds. The predicted molar refractivity (Wildman–Crippen MR) is 130 cm³/mol. The van der Waals surface area contributed by atoms with E-state index in [1.807, 2.05) is 61.5 Å². The Hall–Kier alpha value is -2.96. The number of benzene rings is 3. The van der Waals surface area contributed by atoms with Crippen molar-refractivity contribution in [2.75, 3.05) is 11.4 Å². The maximum Gasteiger partial charge on any atom is 0.258 e. The lowest BCUT2D eigenvalue weighted by Gasteiger charge is -2.19. The Morgan fingerprint density at radius 1 is 0.909 bits per heavy atom. The molecule has 5 rings (SSSR count). The average Bonchev–Trinajstić information content (AvgIpc) is 3.25. The van der Waals surface area contributed by atoms with Gasteiger partial charge in [0.05, 0.1) is 4.90 Å². The normalized spacial score (nSPS) is 15.2. The van der Waals surface area contributed by atoms with Crippen LogP contribution in [-0.4, -0.2) is 20.9 Å². The molecule has 0 aromatic heterocycles. The Balaban J connectivity index is 1.33. The van der Waals surface area contributed by atoms with Crippen molar-refractivity contribution in [2.24, 2.45) is 0 Å². The summed E-state index contributed by atoms with van der Waals surface area (Å²) in [6, 6.07) is 19.0. The van der Waals surface area contributed by atoms with Gasteiger partial charge in [-0.1, -0.05) is 35.9 Å². The van der Waals surface area contributed by atoms with Crippen LogP contribution in [-0.2, 0) is 35.8 Å². The summed E-state index contributed by atoms with van der Waals surface area (Å²) in [6.45, 7) is 2.78. The fourth-order valence-electron chi connectivity index (χ4n) is 4.82. The number of hydrogen-bond donors (Lipinski definition) is 1. The molecule has 2 aliphatic rings. The van der Waals surface area contributed by atoms with E-state index in [-0.39, 0.29) is 12.5 Å². The number of carbonyl (C=O) groups excluding carboxylic acids is 1. The van der Waals surface area contributed by atoms with Crippen LogP contribution in [0.15, 0.2) is 65.6 Å². The summed E-state index contributed by atoms with van der Waals surface area (Å²) < 4.78 is 28.6. The maximum absolute atomic E-state index is 13.1. The molecule has 0 radical (unpaired) electrons. The van der Waals surface area contributed by atoms with Gasteiger partial charge in [-0.25, -0.2) is 13.1 Å². The summed E-state index contributed by atoms with van der Waals surface area (Å²) in [4.78, 5) is 15.2. The van der Waals surface area contributed by atoms with E-state index in [1.54, 1.807) is 11.0 Å². The highest BCUT2D eigenvalue weighted by Crippen LogP contribution is 2.31. The standard InChI is InChI=1S/C27H28N2O3S/c1-19-5-4-8-24(15-19)27(30)29-14-13-22-10-9-20(16-26(22)29)18-28-33(31,32)25-12-11-21-6-2-3-7-23(21)17-25/h4-5,8-12,15-17,28H,2-3,6-7,13-14,18H2,1H3. The van der Waals surface area contributed by atoms with Crippen molar-refractivity contribution in [3.63, 3.8) is 0 Å². The summed E-state index contributed by atoms with van der Waals surface area (Å²) in [5.74, 6) is -0.0239. The van der Waals surface area contributed by atoms with Gasteiger partial charge < -0.3 is 4.90 Å². The number of carbonyl (C=O) groups is 1.